The van der Waals surface area contributed by atoms with Gasteiger partial charge in [-0.1, -0.05) is 42.5 Å². The Bertz CT molecular complexity index is 1060. The first-order valence-electron chi connectivity index (χ1n) is 12.0. The van der Waals surface area contributed by atoms with Crippen molar-refractivity contribution in [2.24, 2.45) is 5.92 Å². The van der Waals surface area contributed by atoms with Crippen LogP contribution in [0.3, 0.4) is 0 Å². The SMILES string of the molecule is O=C(N1CCC[C@H](Cc2ccc3ccncc3c2)CC1)C1(c2ccccc2)CCOCC1. The summed E-state index contributed by atoms with van der Waals surface area (Å²) in [5, 5.41) is 2.45. The van der Waals surface area contributed by atoms with E-state index in [1.165, 1.54) is 22.8 Å². The van der Waals surface area contributed by atoms with E-state index in [4.69, 9.17) is 4.74 Å². The first-order valence-corrected chi connectivity index (χ1v) is 12.0. The van der Waals surface area contributed by atoms with E-state index in [9.17, 15) is 4.79 Å². The molecule has 0 N–H and O–H groups in total. The van der Waals surface area contributed by atoms with Crippen molar-refractivity contribution in [1.82, 2.24) is 9.88 Å². The van der Waals surface area contributed by atoms with Gasteiger partial charge in [0.1, 0.15) is 0 Å². The second-order valence-electron chi connectivity index (χ2n) is 9.41. The Hall–Kier alpha value is -2.72. The molecular weight excluding hydrogens is 396 g/mol. The zero-order chi connectivity index (χ0) is 21.8. The van der Waals surface area contributed by atoms with Crippen LogP contribution in [0.1, 0.15) is 43.2 Å². The lowest BCUT2D eigenvalue weighted by molar-refractivity contribution is -0.141. The van der Waals surface area contributed by atoms with Gasteiger partial charge in [-0.15, -0.1) is 0 Å². The van der Waals surface area contributed by atoms with Gasteiger partial charge in [0.25, 0.3) is 0 Å². The maximum atomic E-state index is 13.9. The Labute approximate surface area is 190 Å². The van der Waals surface area contributed by atoms with Crippen molar-refractivity contribution < 1.29 is 9.53 Å². The minimum atomic E-state index is -0.426. The molecule has 3 heterocycles. The molecule has 0 bridgehead atoms. The van der Waals surface area contributed by atoms with Gasteiger partial charge in [-0.2, -0.15) is 0 Å². The van der Waals surface area contributed by atoms with E-state index in [2.05, 4.69) is 58.4 Å². The number of carbonyl (C=O) groups is 1. The molecule has 0 spiro atoms. The van der Waals surface area contributed by atoms with E-state index in [-0.39, 0.29) is 0 Å². The highest BCUT2D eigenvalue weighted by molar-refractivity contribution is 5.88. The Morgan fingerprint density at radius 2 is 1.84 bits per heavy atom. The van der Waals surface area contributed by atoms with Crippen LogP contribution in [0.2, 0.25) is 0 Å². The monoisotopic (exact) mass is 428 g/mol. The lowest BCUT2D eigenvalue weighted by Gasteiger charge is -2.40. The number of pyridine rings is 1. The maximum Gasteiger partial charge on any atom is 0.233 e. The first kappa shape index (κ1) is 21.1. The zero-order valence-corrected chi connectivity index (χ0v) is 18.7. The van der Waals surface area contributed by atoms with Crippen LogP contribution < -0.4 is 0 Å². The Balaban J connectivity index is 1.29. The maximum absolute atomic E-state index is 13.9. The van der Waals surface area contributed by atoms with Crippen LogP contribution in [0.15, 0.2) is 67.0 Å². The van der Waals surface area contributed by atoms with Crippen LogP contribution in [-0.2, 0) is 21.4 Å². The summed E-state index contributed by atoms with van der Waals surface area (Å²) in [4.78, 5) is 20.3. The quantitative estimate of drug-likeness (QED) is 0.577. The smallest absolute Gasteiger partial charge is 0.233 e. The molecule has 4 nitrogen and oxygen atoms in total. The molecule has 1 amide bonds. The number of hydrogen-bond donors (Lipinski definition) is 0. The molecule has 2 saturated heterocycles. The zero-order valence-electron chi connectivity index (χ0n) is 18.7. The van der Waals surface area contributed by atoms with Crippen molar-refractivity contribution in [3.8, 4) is 0 Å². The third kappa shape index (κ3) is 4.29. The number of benzene rings is 2. The third-order valence-corrected chi connectivity index (χ3v) is 7.45. The second kappa shape index (κ2) is 9.41. The molecule has 0 unspecified atom stereocenters. The summed E-state index contributed by atoms with van der Waals surface area (Å²) < 4.78 is 5.65. The van der Waals surface area contributed by atoms with Crippen molar-refractivity contribution >= 4 is 16.7 Å². The Kier molecular flexibility index (Phi) is 6.22. The molecular formula is C28H32N2O2. The predicted molar refractivity (Wildman–Crippen MR) is 128 cm³/mol. The number of carbonyl (C=O) groups excluding carboxylic acids is 1. The minimum Gasteiger partial charge on any atom is -0.381 e. The summed E-state index contributed by atoms with van der Waals surface area (Å²) in [6.07, 6.45) is 9.75. The van der Waals surface area contributed by atoms with Gasteiger partial charge in [-0.3, -0.25) is 9.78 Å². The van der Waals surface area contributed by atoms with Gasteiger partial charge in [-0.05, 0) is 73.1 Å². The topological polar surface area (TPSA) is 42.4 Å². The van der Waals surface area contributed by atoms with Gasteiger partial charge in [0.15, 0.2) is 0 Å². The fourth-order valence-electron chi connectivity index (χ4n) is 5.57. The number of amides is 1. The average molecular weight is 429 g/mol. The fourth-order valence-corrected chi connectivity index (χ4v) is 5.57. The molecule has 166 valence electrons. The molecule has 3 aromatic rings. The van der Waals surface area contributed by atoms with E-state index >= 15 is 0 Å². The average Bonchev–Trinajstić information content (AvgIpc) is 3.10. The molecule has 2 aliphatic heterocycles. The number of aromatic nitrogens is 1. The molecule has 2 aromatic carbocycles. The van der Waals surface area contributed by atoms with Gasteiger partial charge in [0, 0.05) is 44.1 Å². The molecule has 0 aliphatic carbocycles. The number of nitrogens with zero attached hydrogens (tertiary/aromatic N) is 2. The lowest BCUT2D eigenvalue weighted by atomic mass is 9.73. The van der Waals surface area contributed by atoms with E-state index in [1.54, 1.807) is 0 Å². The normalized spacial score (nSPS) is 21.2. The molecule has 2 aliphatic rings. The Morgan fingerprint density at radius 3 is 2.69 bits per heavy atom. The standard InChI is InChI=1S/C28H32N2O2/c31-27(28(12-17-32-18-13-28)26-6-2-1-3-7-26)30-15-4-5-22(11-16-30)19-23-8-9-24-10-14-29-21-25(24)20-23/h1-3,6-10,14,20-22H,4-5,11-13,15-19H2/t22-/m0/s1. The van der Waals surface area contributed by atoms with E-state index < -0.39 is 5.41 Å². The predicted octanol–water partition coefficient (Wildman–Crippen LogP) is 5.15. The molecule has 1 atom stereocenters. The van der Waals surface area contributed by atoms with Gasteiger partial charge in [0.2, 0.25) is 5.91 Å². The van der Waals surface area contributed by atoms with Crippen LogP contribution >= 0.6 is 0 Å². The summed E-state index contributed by atoms with van der Waals surface area (Å²) >= 11 is 0. The Morgan fingerprint density at radius 1 is 1.00 bits per heavy atom. The number of hydrogen-bond acceptors (Lipinski definition) is 3. The summed E-state index contributed by atoms with van der Waals surface area (Å²) in [5.74, 6) is 0.925. The highest BCUT2D eigenvalue weighted by Gasteiger charge is 2.44. The molecule has 5 rings (SSSR count). The van der Waals surface area contributed by atoms with Gasteiger partial charge < -0.3 is 9.64 Å². The third-order valence-electron chi connectivity index (χ3n) is 7.45. The van der Waals surface area contributed by atoms with E-state index in [0.29, 0.717) is 25.0 Å². The number of likely N-dealkylation sites (tertiary alicyclic amines) is 1. The van der Waals surface area contributed by atoms with Crippen LogP contribution in [0.5, 0.6) is 0 Å². The van der Waals surface area contributed by atoms with E-state index in [0.717, 1.165) is 50.8 Å². The number of ether oxygens (including phenoxy) is 1. The molecule has 2 fully saturated rings. The van der Waals surface area contributed by atoms with Gasteiger partial charge in [-0.25, -0.2) is 0 Å². The van der Waals surface area contributed by atoms with Gasteiger partial charge >= 0.3 is 0 Å². The second-order valence-corrected chi connectivity index (χ2v) is 9.41. The van der Waals surface area contributed by atoms with Crippen molar-refractivity contribution in [1.29, 1.82) is 0 Å². The van der Waals surface area contributed by atoms with Crippen molar-refractivity contribution in [3.05, 3.63) is 78.1 Å². The first-order chi connectivity index (χ1) is 15.7. The highest BCUT2D eigenvalue weighted by Crippen LogP contribution is 2.37. The minimum absolute atomic E-state index is 0.310. The van der Waals surface area contributed by atoms with Crippen molar-refractivity contribution in [2.75, 3.05) is 26.3 Å². The fraction of sp³-hybridized carbons (Fsp3) is 0.429. The molecule has 1 aromatic heterocycles. The van der Waals surface area contributed by atoms with Crippen LogP contribution in [-0.4, -0.2) is 42.1 Å². The molecule has 0 saturated carbocycles. The molecule has 0 radical (unpaired) electrons. The summed E-state index contributed by atoms with van der Waals surface area (Å²) in [5.41, 5.74) is 2.10. The van der Waals surface area contributed by atoms with Crippen LogP contribution in [0.4, 0.5) is 0 Å². The van der Waals surface area contributed by atoms with Crippen LogP contribution in [0, 0.1) is 5.92 Å². The number of rotatable bonds is 4. The van der Waals surface area contributed by atoms with Crippen molar-refractivity contribution in [2.45, 2.75) is 43.9 Å². The van der Waals surface area contributed by atoms with Gasteiger partial charge in [0.05, 0.1) is 5.41 Å². The summed E-state index contributed by atoms with van der Waals surface area (Å²) in [6, 6.07) is 19.2. The van der Waals surface area contributed by atoms with Crippen molar-refractivity contribution in [3.63, 3.8) is 0 Å². The largest absolute Gasteiger partial charge is 0.381 e. The van der Waals surface area contributed by atoms with E-state index in [1.807, 2.05) is 18.5 Å². The summed E-state index contributed by atoms with van der Waals surface area (Å²) in [6.45, 7) is 3.04. The molecule has 4 heteroatoms. The van der Waals surface area contributed by atoms with Crippen LogP contribution in [0.25, 0.3) is 10.8 Å². The highest BCUT2D eigenvalue weighted by atomic mass is 16.5. The summed E-state index contributed by atoms with van der Waals surface area (Å²) in [7, 11) is 0. The molecule has 32 heavy (non-hydrogen) atoms. The lowest BCUT2D eigenvalue weighted by Crippen LogP contribution is -2.50. The number of fused-ring (bicyclic) bond motifs is 1.